The molecule has 0 aliphatic heterocycles. The Hall–Kier alpha value is -2.56. The van der Waals surface area contributed by atoms with Crippen LogP contribution in [0.3, 0.4) is 0 Å². The number of nitrogens with zero attached hydrogens (tertiary/aromatic N) is 4. The van der Waals surface area contributed by atoms with Crippen molar-refractivity contribution in [2.75, 3.05) is 6.61 Å². The molecule has 2 heterocycles. The van der Waals surface area contributed by atoms with Gasteiger partial charge in [-0.15, -0.1) is 0 Å². The van der Waals surface area contributed by atoms with Gasteiger partial charge in [-0.25, -0.2) is 17.5 Å². The van der Waals surface area contributed by atoms with Crippen LogP contribution in [0.5, 0.6) is 0 Å². The fourth-order valence-corrected chi connectivity index (χ4v) is 8.56. The van der Waals surface area contributed by atoms with Gasteiger partial charge in [-0.05, 0) is 98.6 Å². The minimum absolute atomic E-state index is 0.0270. The van der Waals surface area contributed by atoms with Gasteiger partial charge in [0.2, 0.25) is 0 Å². The van der Waals surface area contributed by atoms with Crippen molar-refractivity contribution in [2.45, 2.75) is 81.8 Å². The van der Waals surface area contributed by atoms with Crippen molar-refractivity contribution in [2.24, 2.45) is 18.4 Å². The van der Waals surface area contributed by atoms with Crippen LogP contribution in [-0.4, -0.2) is 48.2 Å². The van der Waals surface area contributed by atoms with Gasteiger partial charge in [0.15, 0.2) is 23.2 Å². The molecule has 1 fully saturated rings. The van der Waals surface area contributed by atoms with Crippen LogP contribution in [-0.2, 0) is 27.7 Å². The van der Waals surface area contributed by atoms with Crippen molar-refractivity contribution in [3.8, 4) is 5.69 Å². The molecule has 216 valence electrons. The SMILES string of the molecule is CC([C@H]1CCC2=Cc3c(cnn3-c3ccc(F)cc3)C[C@]2(CO[Si](C)(C)C(C)(C)C)C1)S(=O)(=O)c1ccn(C)n1. The molecule has 0 amide bonds. The van der Waals surface area contributed by atoms with E-state index < -0.39 is 23.4 Å². The summed E-state index contributed by atoms with van der Waals surface area (Å²) in [6.45, 7) is 13.7. The van der Waals surface area contributed by atoms with Crippen LogP contribution >= 0.6 is 0 Å². The Labute approximate surface area is 238 Å². The number of aromatic nitrogens is 4. The fourth-order valence-electron chi connectivity index (χ4n) is 5.88. The Bertz CT molecular complexity index is 1540. The topological polar surface area (TPSA) is 79.0 Å². The zero-order chi connectivity index (χ0) is 29.1. The normalized spacial score (nSPS) is 22.4. The molecule has 40 heavy (non-hydrogen) atoms. The van der Waals surface area contributed by atoms with Crippen LogP contribution < -0.4 is 0 Å². The first-order chi connectivity index (χ1) is 18.6. The zero-order valence-electron chi connectivity index (χ0n) is 24.6. The third kappa shape index (κ3) is 5.14. The number of hydrogen-bond donors (Lipinski definition) is 0. The van der Waals surface area contributed by atoms with E-state index in [1.54, 1.807) is 31.4 Å². The lowest BCUT2D eigenvalue weighted by Crippen LogP contribution is -2.48. The molecular weight excluding hydrogens is 544 g/mol. The standard InChI is InChI=1S/C30H41FN4O3SSi/c1-21(39(36,37)28-14-15-34(5)33-28)22-8-9-24-16-27-23(19-32-35(27)26-12-10-25(31)11-13-26)18-30(24,17-22)20-38-40(6,7)29(2,3)4/h10-16,19,21-22H,8-9,17-18,20H2,1-7H3/t21?,22-,30-/m0/s1. The Balaban J connectivity index is 1.51. The van der Waals surface area contributed by atoms with Crippen molar-refractivity contribution < 1.29 is 17.2 Å². The first kappa shape index (κ1) is 28.9. The Morgan fingerprint density at radius 1 is 1.20 bits per heavy atom. The molecule has 0 saturated heterocycles. The van der Waals surface area contributed by atoms with E-state index >= 15 is 0 Å². The van der Waals surface area contributed by atoms with Gasteiger partial charge >= 0.3 is 0 Å². The maximum atomic E-state index is 13.6. The summed E-state index contributed by atoms with van der Waals surface area (Å²) in [7, 11) is -3.90. The van der Waals surface area contributed by atoms with E-state index in [0.717, 1.165) is 42.6 Å². The highest BCUT2D eigenvalue weighted by atomic mass is 32.2. The van der Waals surface area contributed by atoms with Crippen LogP contribution in [0.1, 0.15) is 58.2 Å². The van der Waals surface area contributed by atoms with Crippen LogP contribution in [0.15, 0.2) is 53.3 Å². The minimum atomic E-state index is -3.58. The summed E-state index contributed by atoms with van der Waals surface area (Å²) in [5.74, 6) is -0.307. The molecule has 0 radical (unpaired) electrons. The molecule has 5 rings (SSSR count). The molecule has 0 spiro atoms. The molecule has 7 nitrogen and oxygen atoms in total. The minimum Gasteiger partial charge on any atom is -0.416 e. The number of aryl methyl sites for hydroxylation is 1. The van der Waals surface area contributed by atoms with Crippen LogP contribution in [0, 0.1) is 17.2 Å². The molecule has 3 atom stereocenters. The van der Waals surface area contributed by atoms with E-state index in [-0.39, 0.29) is 27.2 Å². The molecule has 10 heteroatoms. The van der Waals surface area contributed by atoms with Gasteiger partial charge in [-0.2, -0.15) is 10.2 Å². The van der Waals surface area contributed by atoms with Crippen molar-refractivity contribution in [1.29, 1.82) is 0 Å². The van der Waals surface area contributed by atoms with Crippen molar-refractivity contribution >= 4 is 24.2 Å². The molecule has 2 aliphatic rings. The molecule has 1 saturated carbocycles. The van der Waals surface area contributed by atoms with Gasteiger partial charge in [0, 0.05) is 25.3 Å². The highest BCUT2D eigenvalue weighted by Gasteiger charge is 2.49. The lowest BCUT2D eigenvalue weighted by Gasteiger charge is -2.48. The van der Waals surface area contributed by atoms with Crippen LogP contribution in [0.4, 0.5) is 4.39 Å². The molecular formula is C30H41FN4O3SSi. The molecule has 1 unspecified atom stereocenters. The predicted molar refractivity (Wildman–Crippen MR) is 158 cm³/mol. The maximum Gasteiger partial charge on any atom is 0.200 e. The number of hydrogen-bond acceptors (Lipinski definition) is 5. The van der Waals surface area contributed by atoms with Crippen LogP contribution in [0.2, 0.25) is 18.1 Å². The smallest absolute Gasteiger partial charge is 0.200 e. The molecule has 2 aromatic heterocycles. The third-order valence-electron chi connectivity index (χ3n) is 9.57. The van der Waals surface area contributed by atoms with E-state index in [1.165, 1.54) is 22.4 Å². The zero-order valence-corrected chi connectivity index (χ0v) is 26.4. The van der Waals surface area contributed by atoms with Gasteiger partial charge in [-0.1, -0.05) is 26.3 Å². The lowest BCUT2D eigenvalue weighted by atomic mass is 9.61. The van der Waals surface area contributed by atoms with Crippen molar-refractivity contribution in [3.63, 3.8) is 0 Å². The van der Waals surface area contributed by atoms with Gasteiger partial charge in [0.25, 0.3) is 0 Å². The average molecular weight is 585 g/mol. The first-order valence-electron chi connectivity index (χ1n) is 14.0. The summed E-state index contributed by atoms with van der Waals surface area (Å²) in [4.78, 5) is 0. The summed E-state index contributed by atoms with van der Waals surface area (Å²) in [6.07, 6.45) is 8.84. The average Bonchev–Trinajstić information content (AvgIpc) is 3.51. The second-order valence-electron chi connectivity index (χ2n) is 13.2. The summed E-state index contributed by atoms with van der Waals surface area (Å²) < 4.78 is 51.1. The largest absolute Gasteiger partial charge is 0.416 e. The second kappa shape index (κ2) is 10.1. The van der Waals surface area contributed by atoms with Crippen molar-refractivity contribution in [3.05, 3.63) is 65.4 Å². The lowest BCUT2D eigenvalue weighted by molar-refractivity contribution is 0.108. The van der Waals surface area contributed by atoms with Crippen LogP contribution in [0.25, 0.3) is 11.8 Å². The summed E-state index contributed by atoms with van der Waals surface area (Å²) in [6, 6.07) is 7.97. The highest BCUT2D eigenvalue weighted by molar-refractivity contribution is 7.92. The van der Waals surface area contributed by atoms with Gasteiger partial charge in [-0.3, -0.25) is 4.68 Å². The number of rotatable bonds is 7. The van der Waals surface area contributed by atoms with Gasteiger partial charge in [0.1, 0.15) is 5.82 Å². The van der Waals surface area contributed by atoms with E-state index in [4.69, 9.17) is 4.43 Å². The number of benzene rings is 1. The van der Waals surface area contributed by atoms with E-state index in [0.29, 0.717) is 6.61 Å². The second-order valence-corrected chi connectivity index (χ2v) is 20.3. The fraction of sp³-hybridized carbons (Fsp3) is 0.533. The highest BCUT2D eigenvalue weighted by Crippen LogP contribution is 2.52. The Morgan fingerprint density at radius 2 is 1.90 bits per heavy atom. The Morgan fingerprint density at radius 3 is 2.52 bits per heavy atom. The number of sulfone groups is 1. The molecule has 0 N–H and O–H groups in total. The molecule has 1 aromatic carbocycles. The summed E-state index contributed by atoms with van der Waals surface area (Å²) in [5.41, 5.74) is 3.91. The quantitative estimate of drug-likeness (QED) is 0.302. The predicted octanol–water partition coefficient (Wildman–Crippen LogP) is 6.36. The van der Waals surface area contributed by atoms with Gasteiger partial charge in [0.05, 0.1) is 22.8 Å². The summed E-state index contributed by atoms with van der Waals surface area (Å²) >= 11 is 0. The van der Waals surface area contributed by atoms with Gasteiger partial charge < -0.3 is 4.43 Å². The monoisotopic (exact) mass is 584 g/mol. The van der Waals surface area contributed by atoms with Crippen molar-refractivity contribution in [1.82, 2.24) is 19.6 Å². The van der Waals surface area contributed by atoms with E-state index in [2.05, 4.69) is 50.1 Å². The molecule has 0 bridgehead atoms. The third-order valence-corrected chi connectivity index (χ3v) is 16.2. The van der Waals surface area contributed by atoms with E-state index in [9.17, 15) is 12.8 Å². The molecule has 3 aromatic rings. The molecule has 2 aliphatic carbocycles. The maximum absolute atomic E-state index is 13.6. The first-order valence-corrected chi connectivity index (χ1v) is 18.5. The summed E-state index contributed by atoms with van der Waals surface area (Å²) in [5, 5.41) is 8.55. The van der Waals surface area contributed by atoms with E-state index in [1.807, 2.05) is 17.8 Å². The number of fused-ring (bicyclic) bond motifs is 2. The Kier molecular flexibility index (Phi) is 7.28. The number of halogens is 1.